The van der Waals surface area contributed by atoms with Gasteiger partial charge in [-0.2, -0.15) is 0 Å². The number of carboxylic acid groups (broad SMARTS) is 1. The molecule has 134 valence electrons. The lowest BCUT2D eigenvalue weighted by Crippen LogP contribution is -2.15. The van der Waals surface area contributed by atoms with Crippen LogP contribution in [0.4, 0.5) is 0 Å². The molecule has 1 aromatic heterocycles. The summed E-state index contributed by atoms with van der Waals surface area (Å²) in [7, 11) is 0. The summed E-state index contributed by atoms with van der Waals surface area (Å²) in [5.41, 5.74) is 1.81. The van der Waals surface area contributed by atoms with E-state index in [-0.39, 0.29) is 16.7 Å². The van der Waals surface area contributed by atoms with E-state index in [2.05, 4.69) is 0 Å². The first kappa shape index (κ1) is 18.3. The molecule has 0 amide bonds. The number of benzene rings is 2. The first-order valence-corrected chi connectivity index (χ1v) is 8.54. The van der Waals surface area contributed by atoms with E-state index in [9.17, 15) is 19.8 Å². The second-order valence-electron chi connectivity index (χ2n) is 6.03. The lowest BCUT2D eigenvalue weighted by atomic mass is 9.98. The minimum absolute atomic E-state index is 0.00419. The molecule has 0 aliphatic heterocycles. The van der Waals surface area contributed by atoms with Crippen molar-refractivity contribution in [3.8, 4) is 5.75 Å². The molecule has 1 atom stereocenters. The Bertz CT molecular complexity index is 1060. The van der Waals surface area contributed by atoms with Crippen molar-refractivity contribution in [2.24, 2.45) is 0 Å². The van der Waals surface area contributed by atoms with Crippen molar-refractivity contribution in [3.63, 3.8) is 0 Å². The van der Waals surface area contributed by atoms with Crippen LogP contribution in [0.1, 0.15) is 34.5 Å². The van der Waals surface area contributed by atoms with Crippen LogP contribution in [0.5, 0.6) is 5.75 Å². The third-order valence-electron chi connectivity index (χ3n) is 4.41. The fraction of sp³-hybridized carbons (Fsp3) is 0.158. The smallest absolute Gasteiger partial charge is 0.310 e. The van der Waals surface area contributed by atoms with Crippen molar-refractivity contribution in [1.29, 1.82) is 0 Å². The van der Waals surface area contributed by atoms with E-state index in [1.165, 1.54) is 28.8 Å². The van der Waals surface area contributed by atoms with Gasteiger partial charge in [-0.15, -0.1) is 0 Å². The second kappa shape index (κ2) is 6.67. The Morgan fingerprint density at radius 2 is 1.77 bits per heavy atom. The maximum Gasteiger partial charge on any atom is 0.310 e. The number of phenolic OH excluding ortho intramolecular Hbond substituents is 1. The Kier molecular flexibility index (Phi) is 4.69. The number of carbonyl (C=O) groups excluding carboxylic acids is 1. The number of halogens is 2. The lowest BCUT2D eigenvalue weighted by Gasteiger charge is -2.10. The molecule has 0 spiro atoms. The minimum Gasteiger partial charge on any atom is -0.508 e. The molecule has 0 bridgehead atoms. The van der Waals surface area contributed by atoms with Crippen molar-refractivity contribution in [1.82, 2.24) is 4.57 Å². The average molecular weight is 392 g/mol. The summed E-state index contributed by atoms with van der Waals surface area (Å²) in [5.74, 6) is -2.23. The number of rotatable bonds is 3. The normalized spacial score (nSPS) is 12.3. The Morgan fingerprint density at radius 3 is 2.38 bits per heavy atom. The molecule has 2 N–H and O–H groups in total. The maximum atomic E-state index is 13.1. The van der Waals surface area contributed by atoms with Gasteiger partial charge in [0.25, 0.3) is 5.91 Å². The Labute approximate surface area is 159 Å². The van der Waals surface area contributed by atoms with E-state index in [0.29, 0.717) is 32.7 Å². The zero-order chi connectivity index (χ0) is 19.2. The third kappa shape index (κ3) is 2.93. The van der Waals surface area contributed by atoms with Crippen molar-refractivity contribution in [2.45, 2.75) is 19.8 Å². The number of aromatic hydroxyl groups is 1. The van der Waals surface area contributed by atoms with E-state index in [4.69, 9.17) is 23.2 Å². The van der Waals surface area contributed by atoms with Gasteiger partial charge in [0.05, 0.1) is 21.5 Å². The van der Waals surface area contributed by atoms with Crippen LogP contribution in [0, 0.1) is 6.92 Å². The van der Waals surface area contributed by atoms with Gasteiger partial charge in [0.1, 0.15) is 5.75 Å². The highest BCUT2D eigenvalue weighted by Gasteiger charge is 2.26. The third-order valence-corrected chi connectivity index (χ3v) is 5.15. The standard InChI is InChI=1S/C19H15Cl2NO4/c1-9(19(25)26)17-10(2)22(16-6-4-12(23)8-13(16)17)18(24)11-3-5-14(20)15(21)7-11/h3-9,23H,1-2H3,(H,25,26). The molecule has 0 saturated heterocycles. The predicted octanol–water partition coefficient (Wildman–Crippen LogP) is 4.84. The maximum absolute atomic E-state index is 13.1. The first-order chi connectivity index (χ1) is 12.2. The van der Waals surface area contributed by atoms with Crippen LogP contribution in [0.15, 0.2) is 36.4 Å². The van der Waals surface area contributed by atoms with Gasteiger partial charge in [-0.1, -0.05) is 23.2 Å². The quantitative estimate of drug-likeness (QED) is 0.669. The molecule has 1 heterocycles. The predicted molar refractivity (Wildman–Crippen MR) is 101 cm³/mol. The molecular weight excluding hydrogens is 377 g/mol. The topological polar surface area (TPSA) is 79.5 Å². The monoisotopic (exact) mass is 391 g/mol. The Balaban J connectivity index is 2.29. The number of fused-ring (bicyclic) bond motifs is 1. The summed E-state index contributed by atoms with van der Waals surface area (Å²) in [6.07, 6.45) is 0. The molecule has 26 heavy (non-hydrogen) atoms. The number of hydrogen-bond donors (Lipinski definition) is 2. The molecule has 0 aliphatic carbocycles. The number of aliphatic carboxylic acids is 1. The van der Waals surface area contributed by atoms with E-state index in [1.807, 2.05) is 0 Å². The van der Waals surface area contributed by atoms with Gasteiger partial charge in [0.15, 0.2) is 0 Å². The van der Waals surface area contributed by atoms with Crippen molar-refractivity contribution in [3.05, 3.63) is 63.3 Å². The zero-order valence-electron chi connectivity index (χ0n) is 14.0. The minimum atomic E-state index is -1.02. The molecule has 3 aromatic rings. The van der Waals surface area contributed by atoms with Gasteiger partial charge in [0, 0.05) is 16.6 Å². The number of carbonyl (C=O) groups is 2. The van der Waals surface area contributed by atoms with Crippen molar-refractivity contribution < 1.29 is 19.8 Å². The van der Waals surface area contributed by atoms with Crippen molar-refractivity contribution in [2.75, 3.05) is 0 Å². The van der Waals surface area contributed by atoms with Gasteiger partial charge in [0.2, 0.25) is 0 Å². The number of hydrogen-bond acceptors (Lipinski definition) is 3. The Hall–Kier alpha value is -2.50. The molecule has 2 aromatic carbocycles. The average Bonchev–Trinajstić information content (AvgIpc) is 2.87. The summed E-state index contributed by atoms with van der Waals surface area (Å²) in [4.78, 5) is 24.6. The van der Waals surface area contributed by atoms with Crippen LogP contribution in [0.2, 0.25) is 10.0 Å². The van der Waals surface area contributed by atoms with E-state index < -0.39 is 11.9 Å². The van der Waals surface area contributed by atoms with Gasteiger partial charge in [-0.25, -0.2) is 0 Å². The molecule has 0 radical (unpaired) electrons. The number of nitrogens with zero attached hydrogens (tertiary/aromatic N) is 1. The molecule has 7 heteroatoms. The van der Waals surface area contributed by atoms with E-state index in [1.54, 1.807) is 26.0 Å². The molecule has 0 aliphatic rings. The lowest BCUT2D eigenvalue weighted by molar-refractivity contribution is -0.138. The number of carboxylic acids is 1. The number of phenols is 1. The molecule has 1 unspecified atom stereocenters. The first-order valence-electron chi connectivity index (χ1n) is 7.79. The van der Waals surface area contributed by atoms with Gasteiger partial charge >= 0.3 is 5.97 Å². The largest absolute Gasteiger partial charge is 0.508 e. The van der Waals surface area contributed by atoms with Crippen LogP contribution in [0.25, 0.3) is 10.9 Å². The zero-order valence-corrected chi connectivity index (χ0v) is 15.5. The van der Waals surface area contributed by atoms with Crippen LogP contribution >= 0.6 is 23.2 Å². The van der Waals surface area contributed by atoms with Crippen LogP contribution in [0.3, 0.4) is 0 Å². The fourth-order valence-electron chi connectivity index (χ4n) is 3.12. The van der Waals surface area contributed by atoms with Crippen LogP contribution in [-0.4, -0.2) is 26.7 Å². The van der Waals surface area contributed by atoms with Gasteiger partial charge in [-0.3, -0.25) is 14.2 Å². The van der Waals surface area contributed by atoms with Crippen LogP contribution < -0.4 is 0 Å². The number of aromatic nitrogens is 1. The molecule has 3 rings (SSSR count). The van der Waals surface area contributed by atoms with E-state index >= 15 is 0 Å². The fourth-order valence-corrected chi connectivity index (χ4v) is 3.42. The molecule has 0 saturated carbocycles. The summed E-state index contributed by atoms with van der Waals surface area (Å²) in [5, 5.41) is 20.4. The van der Waals surface area contributed by atoms with Gasteiger partial charge < -0.3 is 10.2 Å². The summed E-state index contributed by atoms with van der Waals surface area (Å²) < 4.78 is 1.43. The van der Waals surface area contributed by atoms with Crippen LogP contribution in [-0.2, 0) is 4.79 Å². The molecule has 0 fully saturated rings. The van der Waals surface area contributed by atoms with Gasteiger partial charge in [-0.05, 0) is 55.8 Å². The second-order valence-corrected chi connectivity index (χ2v) is 6.84. The highest BCUT2D eigenvalue weighted by Crippen LogP contribution is 2.35. The highest BCUT2D eigenvalue weighted by molar-refractivity contribution is 6.42. The van der Waals surface area contributed by atoms with Crippen molar-refractivity contribution >= 4 is 46.0 Å². The highest BCUT2D eigenvalue weighted by atomic mass is 35.5. The molecule has 5 nitrogen and oxygen atoms in total. The summed E-state index contributed by atoms with van der Waals surface area (Å²) in [6.45, 7) is 3.23. The summed E-state index contributed by atoms with van der Waals surface area (Å²) >= 11 is 11.9. The summed E-state index contributed by atoms with van der Waals surface area (Å²) in [6, 6.07) is 9.07. The Morgan fingerprint density at radius 1 is 1.08 bits per heavy atom. The SMILES string of the molecule is Cc1c(C(C)C(=O)O)c2cc(O)ccc2n1C(=O)c1ccc(Cl)c(Cl)c1. The van der Waals surface area contributed by atoms with E-state index in [0.717, 1.165) is 0 Å². The molecular formula is C19H15Cl2NO4.